The minimum absolute atomic E-state index is 0.200. The molecule has 3 aromatic heterocycles. The number of hydrogen-bond donors (Lipinski definition) is 3. The number of alkyl halides is 2. The fourth-order valence-electron chi connectivity index (χ4n) is 2.65. The first-order valence-electron chi connectivity index (χ1n) is 9.03. The van der Waals surface area contributed by atoms with Crippen LogP contribution < -0.4 is 16.0 Å². The fraction of sp³-hybridized carbons (Fsp3) is 0.316. The van der Waals surface area contributed by atoms with Crippen molar-refractivity contribution in [2.24, 2.45) is 0 Å². The lowest BCUT2D eigenvalue weighted by atomic mass is 10.1. The van der Waals surface area contributed by atoms with Crippen molar-refractivity contribution in [2.75, 3.05) is 17.7 Å². The zero-order valence-corrected chi connectivity index (χ0v) is 17.7. The zero-order chi connectivity index (χ0) is 21.9. The molecule has 0 aliphatic heterocycles. The van der Waals surface area contributed by atoms with Gasteiger partial charge in [-0.3, -0.25) is 4.79 Å². The predicted molar refractivity (Wildman–Crippen MR) is 112 cm³/mol. The van der Waals surface area contributed by atoms with Gasteiger partial charge < -0.3 is 16.0 Å². The summed E-state index contributed by atoms with van der Waals surface area (Å²) in [6.07, 6.45) is 1.56. The minimum atomic E-state index is -3.18. The van der Waals surface area contributed by atoms with Crippen LogP contribution in [0.4, 0.5) is 26.1 Å². The Balaban J connectivity index is 2.04. The first-order chi connectivity index (χ1) is 14.2. The molecular formula is C19H21F2N7OS. The lowest BCUT2D eigenvalue weighted by molar-refractivity contribution is -0.114. The van der Waals surface area contributed by atoms with Gasteiger partial charge >= 0.3 is 5.92 Å². The molecule has 8 nitrogen and oxygen atoms in total. The first-order valence-corrected chi connectivity index (χ1v) is 9.91. The molecule has 30 heavy (non-hydrogen) atoms. The number of pyridine rings is 1. The summed E-state index contributed by atoms with van der Waals surface area (Å²) in [5.74, 6) is -3.52. The number of nitrogens with one attached hydrogen (secondary N) is 3. The molecule has 0 spiro atoms. The highest BCUT2D eigenvalue weighted by atomic mass is 32.1. The quantitative estimate of drug-likeness (QED) is 0.520. The summed E-state index contributed by atoms with van der Waals surface area (Å²) in [6, 6.07) is 3.17. The standard InChI is InChI=1S/C19H21F2N7OS/c1-10-5-16(28-18(24-10)19(3,20)21)26-13-6-15(25-11(2)29)23-7-12(13)14-9-30-17(27-14)8-22-4/h5-7,9,22H,8H2,1-4H3,(H2,23,24,25,26,28,29). The van der Waals surface area contributed by atoms with Gasteiger partial charge in [0, 0.05) is 55.4 Å². The molecule has 3 rings (SSSR count). The Labute approximate surface area is 176 Å². The number of anilines is 3. The Bertz CT molecular complexity index is 1070. The van der Waals surface area contributed by atoms with Crippen LogP contribution in [-0.2, 0) is 17.3 Å². The number of halogens is 2. The van der Waals surface area contributed by atoms with Crippen LogP contribution in [0.3, 0.4) is 0 Å². The molecule has 0 saturated heterocycles. The van der Waals surface area contributed by atoms with Crippen molar-refractivity contribution in [3.05, 3.63) is 40.2 Å². The Morgan fingerprint density at radius 1 is 1.20 bits per heavy atom. The van der Waals surface area contributed by atoms with Crippen LogP contribution in [0.15, 0.2) is 23.7 Å². The first kappa shape index (κ1) is 21.7. The van der Waals surface area contributed by atoms with Crippen LogP contribution >= 0.6 is 11.3 Å². The highest BCUT2D eigenvalue weighted by molar-refractivity contribution is 7.09. The van der Waals surface area contributed by atoms with Gasteiger partial charge in [-0.25, -0.2) is 19.9 Å². The van der Waals surface area contributed by atoms with Crippen LogP contribution in [0.5, 0.6) is 0 Å². The van der Waals surface area contributed by atoms with E-state index in [2.05, 4.69) is 35.9 Å². The lowest BCUT2D eigenvalue weighted by Crippen LogP contribution is -2.14. The second kappa shape index (κ2) is 8.76. The average molecular weight is 433 g/mol. The maximum Gasteiger partial charge on any atom is 0.303 e. The molecule has 3 aromatic rings. The smallest absolute Gasteiger partial charge is 0.303 e. The maximum absolute atomic E-state index is 13.8. The molecule has 11 heteroatoms. The van der Waals surface area contributed by atoms with Crippen molar-refractivity contribution in [1.29, 1.82) is 0 Å². The van der Waals surface area contributed by atoms with Gasteiger partial charge in [-0.05, 0) is 14.0 Å². The molecule has 0 bridgehead atoms. The summed E-state index contributed by atoms with van der Waals surface area (Å²) >= 11 is 1.48. The number of thiazole rings is 1. The molecule has 0 aliphatic rings. The second-order valence-corrected chi connectivity index (χ2v) is 7.63. The summed E-state index contributed by atoms with van der Waals surface area (Å²) in [5.41, 5.74) is 2.22. The van der Waals surface area contributed by atoms with Crippen LogP contribution in [-0.4, -0.2) is 32.9 Å². The zero-order valence-electron chi connectivity index (χ0n) is 16.9. The van der Waals surface area contributed by atoms with E-state index >= 15 is 0 Å². The van der Waals surface area contributed by atoms with Crippen molar-refractivity contribution in [3.8, 4) is 11.3 Å². The van der Waals surface area contributed by atoms with Crippen molar-refractivity contribution in [2.45, 2.75) is 33.2 Å². The van der Waals surface area contributed by atoms with E-state index in [1.54, 1.807) is 25.3 Å². The van der Waals surface area contributed by atoms with Gasteiger partial charge in [0.1, 0.15) is 16.6 Å². The number of aryl methyl sites for hydroxylation is 1. The molecule has 1 amide bonds. The third kappa shape index (κ3) is 5.30. The Morgan fingerprint density at radius 2 is 1.97 bits per heavy atom. The summed E-state index contributed by atoms with van der Waals surface area (Å²) in [6.45, 7) is 4.35. The summed E-state index contributed by atoms with van der Waals surface area (Å²) in [5, 5.41) is 11.5. The van der Waals surface area contributed by atoms with Crippen LogP contribution in [0.1, 0.15) is 30.4 Å². The van der Waals surface area contributed by atoms with Gasteiger partial charge in [-0.15, -0.1) is 11.3 Å². The number of aromatic nitrogens is 4. The van der Waals surface area contributed by atoms with Crippen LogP contribution in [0.25, 0.3) is 11.3 Å². The average Bonchev–Trinajstić information content (AvgIpc) is 3.09. The fourth-order valence-corrected chi connectivity index (χ4v) is 3.45. The monoisotopic (exact) mass is 433 g/mol. The van der Waals surface area contributed by atoms with Gasteiger partial charge in [0.2, 0.25) is 11.7 Å². The van der Waals surface area contributed by atoms with Gasteiger partial charge in [-0.2, -0.15) is 8.78 Å². The van der Waals surface area contributed by atoms with E-state index in [-0.39, 0.29) is 11.7 Å². The molecule has 0 saturated carbocycles. The predicted octanol–water partition coefficient (Wildman–Crippen LogP) is 3.84. The Morgan fingerprint density at radius 3 is 2.63 bits per heavy atom. The second-order valence-electron chi connectivity index (χ2n) is 6.68. The van der Waals surface area contributed by atoms with E-state index < -0.39 is 11.7 Å². The highest BCUT2D eigenvalue weighted by Gasteiger charge is 2.29. The summed E-state index contributed by atoms with van der Waals surface area (Å²) in [4.78, 5) is 28.0. The topological polar surface area (TPSA) is 105 Å². The molecule has 3 heterocycles. The van der Waals surface area contributed by atoms with Gasteiger partial charge in [0.05, 0.1) is 11.4 Å². The molecular weight excluding hydrogens is 412 g/mol. The lowest BCUT2D eigenvalue weighted by Gasteiger charge is -2.15. The van der Waals surface area contributed by atoms with Crippen molar-refractivity contribution < 1.29 is 13.6 Å². The molecule has 0 unspecified atom stereocenters. The van der Waals surface area contributed by atoms with Crippen molar-refractivity contribution >= 4 is 34.6 Å². The van der Waals surface area contributed by atoms with Crippen LogP contribution in [0.2, 0.25) is 0 Å². The SMILES string of the molecule is CNCc1nc(-c2cnc(NC(C)=O)cc2Nc2cc(C)nc(C(C)(F)F)n2)cs1. The number of nitrogens with zero attached hydrogens (tertiary/aromatic N) is 4. The minimum Gasteiger partial charge on any atom is -0.339 e. The van der Waals surface area contributed by atoms with Gasteiger partial charge in [0.25, 0.3) is 0 Å². The third-order valence-electron chi connectivity index (χ3n) is 3.87. The van der Waals surface area contributed by atoms with Gasteiger partial charge in [-0.1, -0.05) is 0 Å². The van der Waals surface area contributed by atoms with E-state index in [9.17, 15) is 13.6 Å². The normalized spacial score (nSPS) is 11.4. The number of carbonyl (C=O) groups is 1. The van der Waals surface area contributed by atoms with E-state index in [4.69, 9.17) is 0 Å². The maximum atomic E-state index is 13.8. The number of hydrogen-bond acceptors (Lipinski definition) is 8. The van der Waals surface area contributed by atoms with Crippen molar-refractivity contribution in [1.82, 2.24) is 25.3 Å². The Hall–Kier alpha value is -3.05. The van der Waals surface area contributed by atoms with Crippen LogP contribution in [0, 0.1) is 6.92 Å². The van der Waals surface area contributed by atoms with E-state index in [1.165, 1.54) is 18.3 Å². The molecule has 0 radical (unpaired) electrons. The van der Waals surface area contributed by atoms with E-state index in [0.717, 1.165) is 11.9 Å². The van der Waals surface area contributed by atoms with Gasteiger partial charge in [0.15, 0.2) is 0 Å². The molecule has 0 aliphatic carbocycles. The molecule has 0 aromatic carbocycles. The number of rotatable bonds is 7. The number of amides is 1. The molecule has 0 fully saturated rings. The number of carbonyl (C=O) groups excluding carboxylic acids is 1. The highest BCUT2D eigenvalue weighted by Crippen LogP contribution is 2.33. The molecule has 0 atom stereocenters. The molecule has 158 valence electrons. The largest absolute Gasteiger partial charge is 0.339 e. The summed E-state index contributed by atoms with van der Waals surface area (Å²) < 4.78 is 27.5. The van der Waals surface area contributed by atoms with Crippen molar-refractivity contribution in [3.63, 3.8) is 0 Å². The molecule has 3 N–H and O–H groups in total. The Kier molecular flexibility index (Phi) is 6.32. The van der Waals surface area contributed by atoms with E-state index in [0.29, 0.717) is 35.0 Å². The summed E-state index contributed by atoms with van der Waals surface area (Å²) in [7, 11) is 1.83. The third-order valence-corrected chi connectivity index (χ3v) is 4.72. The van der Waals surface area contributed by atoms with E-state index in [1.807, 2.05) is 12.4 Å².